The number of likely N-dealkylation sites (N-methyl/N-ethyl adjacent to an activating group) is 1. The van der Waals surface area contributed by atoms with E-state index in [2.05, 4.69) is 15.2 Å². The van der Waals surface area contributed by atoms with Crippen LogP contribution in [0.15, 0.2) is 28.8 Å². The van der Waals surface area contributed by atoms with E-state index in [1.54, 1.807) is 12.1 Å². The molecule has 6 nitrogen and oxygen atoms in total. The number of sulfonamides is 1. The molecule has 19 heavy (non-hydrogen) atoms. The Morgan fingerprint density at radius 1 is 1.26 bits per heavy atom. The smallest absolute Gasteiger partial charge is 0.217 e. The van der Waals surface area contributed by atoms with Gasteiger partial charge in [0.25, 0.3) is 0 Å². The van der Waals surface area contributed by atoms with E-state index in [9.17, 15) is 8.42 Å². The maximum Gasteiger partial charge on any atom is 0.217 e. The van der Waals surface area contributed by atoms with Crippen molar-refractivity contribution < 1.29 is 12.9 Å². The molecule has 0 unspecified atom stereocenters. The minimum atomic E-state index is -3.39. The highest BCUT2D eigenvalue weighted by Crippen LogP contribution is 2.19. The molecule has 0 aliphatic carbocycles. The Morgan fingerprint density at radius 3 is 2.84 bits per heavy atom. The van der Waals surface area contributed by atoms with Crippen LogP contribution in [0.1, 0.15) is 12.6 Å². The summed E-state index contributed by atoms with van der Waals surface area (Å²) in [7, 11) is -3.39. The van der Waals surface area contributed by atoms with Crippen LogP contribution in [0.3, 0.4) is 0 Å². The second kappa shape index (κ2) is 6.14. The molecule has 2 rings (SSSR count). The molecule has 1 aromatic heterocycles. The van der Waals surface area contributed by atoms with Crippen molar-refractivity contribution in [1.29, 1.82) is 0 Å². The second-order valence-electron chi connectivity index (χ2n) is 4.13. The van der Waals surface area contributed by atoms with Crippen molar-refractivity contribution in [2.24, 2.45) is 0 Å². The lowest BCUT2D eigenvalue weighted by Gasteiger charge is -2.05. The van der Waals surface area contributed by atoms with Gasteiger partial charge in [0.15, 0.2) is 5.58 Å². The molecule has 1 heterocycles. The maximum atomic E-state index is 11.9. The minimum Gasteiger partial charge on any atom is -0.356 e. The lowest BCUT2D eigenvalue weighted by atomic mass is 10.2. The third-order valence-electron chi connectivity index (χ3n) is 2.65. The fourth-order valence-corrected chi connectivity index (χ4v) is 2.83. The van der Waals surface area contributed by atoms with E-state index in [1.807, 2.05) is 19.1 Å². The van der Waals surface area contributed by atoms with E-state index < -0.39 is 10.0 Å². The molecule has 104 valence electrons. The summed E-state index contributed by atoms with van der Waals surface area (Å²) in [5.74, 6) is -0.170. The van der Waals surface area contributed by atoms with Gasteiger partial charge in [-0.3, -0.25) is 0 Å². The SMILES string of the molecule is CCNCCNS(=O)(=O)Cc1noc2ccccc12. The lowest BCUT2D eigenvalue weighted by Crippen LogP contribution is -2.32. The lowest BCUT2D eigenvalue weighted by molar-refractivity contribution is 0.448. The van der Waals surface area contributed by atoms with Gasteiger partial charge in [0.1, 0.15) is 11.4 Å². The first-order chi connectivity index (χ1) is 9.12. The first-order valence-electron chi connectivity index (χ1n) is 6.14. The van der Waals surface area contributed by atoms with E-state index in [0.717, 1.165) is 11.9 Å². The quantitative estimate of drug-likeness (QED) is 0.736. The standard InChI is InChI=1S/C12H17N3O3S/c1-2-13-7-8-14-19(16,17)9-11-10-5-3-4-6-12(10)18-15-11/h3-6,13-14H,2,7-9H2,1H3. The molecule has 0 fully saturated rings. The highest BCUT2D eigenvalue weighted by molar-refractivity contribution is 7.88. The fourth-order valence-electron chi connectivity index (χ4n) is 1.74. The number of fused-ring (bicyclic) bond motifs is 1. The molecule has 2 N–H and O–H groups in total. The zero-order valence-electron chi connectivity index (χ0n) is 10.7. The van der Waals surface area contributed by atoms with E-state index >= 15 is 0 Å². The number of benzene rings is 1. The summed E-state index contributed by atoms with van der Waals surface area (Å²) in [6.07, 6.45) is 0. The molecule has 2 aromatic rings. The van der Waals surface area contributed by atoms with Crippen LogP contribution in [-0.2, 0) is 15.8 Å². The van der Waals surface area contributed by atoms with Crippen molar-refractivity contribution >= 4 is 21.0 Å². The van der Waals surface area contributed by atoms with Crippen molar-refractivity contribution in [3.05, 3.63) is 30.0 Å². The number of aromatic nitrogens is 1. The van der Waals surface area contributed by atoms with Gasteiger partial charge < -0.3 is 9.84 Å². The van der Waals surface area contributed by atoms with Crippen molar-refractivity contribution in [2.75, 3.05) is 19.6 Å². The predicted octanol–water partition coefficient (Wildman–Crippen LogP) is 0.857. The van der Waals surface area contributed by atoms with E-state index in [0.29, 0.717) is 24.4 Å². The van der Waals surface area contributed by atoms with Gasteiger partial charge in [-0.15, -0.1) is 0 Å². The molecule has 0 saturated heterocycles. The summed E-state index contributed by atoms with van der Waals surface area (Å²) < 4.78 is 31.4. The second-order valence-corrected chi connectivity index (χ2v) is 5.94. The number of nitrogens with zero attached hydrogens (tertiary/aromatic N) is 1. The zero-order chi connectivity index (χ0) is 13.7. The number of hydrogen-bond donors (Lipinski definition) is 2. The molecule has 0 radical (unpaired) electrons. The van der Waals surface area contributed by atoms with Crippen LogP contribution in [0.5, 0.6) is 0 Å². The molecule has 0 spiro atoms. The summed E-state index contributed by atoms with van der Waals surface area (Å²) >= 11 is 0. The van der Waals surface area contributed by atoms with Crippen LogP contribution in [0.2, 0.25) is 0 Å². The van der Waals surface area contributed by atoms with Gasteiger partial charge >= 0.3 is 0 Å². The number of hydrogen-bond acceptors (Lipinski definition) is 5. The first kappa shape index (κ1) is 14.0. The molecule has 0 saturated carbocycles. The Balaban J connectivity index is 2.03. The van der Waals surface area contributed by atoms with E-state index in [1.165, 1.54) is 0 Å². The first-order valence-corrected chi connectivity index (χ1v) is 7.79. The summed E-state index contributed by atoms with van der Waals surface area (Å²) in [6.45, 7) is 3.76. The van der Waals surface area contributed by atoms with Crippen LogP contribution in [0.25, 0.3) is 11.0 Å². The van der Waals surface area contributed by atoms with Gasteiger partial charge in [-0.2, -0.15) is 0 Å². The maximum absolute atomic E-state index is 11.9. The van der Waals surface area contributed by atoms with Gasteiger partial charge in [0, 0.05) is 18.5 Å². The Labute approximate surface area is 112 Å². The fraction of sp³-hybridized carbons (Fsp3) is 0.417. The molecule has 0 aliphatic heterocycles. The van der Waals surface area contributed by atoms with Crippen molar-refractivity contribution in [3.63, 3.8) is 0 Å². The van der Waals surface area contributed by atoms with Gasteiger partial charge in [0.05, 0.1) is 0 Å². The van der Waals surface area contributed by atoms with Crippen LogP contribution in [0.4, 0.5) is 0 Å². The summed E-state index contributed by atoms with van der Waals surface area (Å²) in [4.78, 5) is 0. The topological polar surface area (TPSA) is 84.2 Å². The van der Waals surface area contributed by atoms with E-state index in [4.69, 9.17) is 4.52 Å². The average Bonchev–Trinajstić information content (AvgIpc) is 2.78. The highest BCUT2D eigenvalue weighted by Gasteiger charge is 2.16. The Hall–Kier alpha value is -1.44. The monoisotopic (exact) mass is 283 g/mol. The molecule has 0 bridgehead atoms. The van der Waals surface area contributed by atoms with Crippen molar-refractivity contribution in [2.45, 2.75) is 12.7 Å². The Morgan fingerprint density at radius 2 is 2.05 bits per heavy atom. The molecule has 0 aliphatic rings. The Bertz CT molecular complexity index is 636. The van der Waals surface area contributed by atoms with Crippen LogP contribution >= 0.6 is 0 Å². The molecule has 7 heteroatoms. The van der Waals surface area contributed by atoms with Crippen molar-refractivity contribution in [3.8, 4) is 0 Å². The molecule has 1 aromatic carbocycles. The summed E-state index contributed by atoms with van der Waals surface area (Å²) in [5.41, 5.74) is 1.03. The van der Waals surface area contributed by atoms with Gasteiger partial charge in [-0.05, 0) is 18.7 Å². The average molecular weight is 283 g/mol. The third-order valence-corrected chi connectivity index (χ3v) is 3.95. The van der Waals surface area contributed by atoms with Crippen LogP contribution in [0, 0.1) is 0 Å². The molecular weight excluding hydrogens is 266 g/mol. The van der Waals surface area contributed by atoms with Gasteiger partial charge in [0.2, 0.25) is 10.0 Å². The van der Waals surface area contributed by atoms with Gasteiger partial charge in [-0.1, -0.05) is 24.2 Å². The predicted molar refractivity (Wildman–Crippen MR) is 73.2 cm³/mol. The normalized spacial score (nSPS) is 12.1. The Kier molecular flexibility index (Phi) is 4.52. The third kappa shape index (κ3) is 3.76. The van der Waals surface area contributed by atoms with Crippen LogP contribution < -0.4 is 10.0 Å². The van der Waals surface area contributed by atoms with Crippen molar-refractivity contribution in [1.82, 2.24) is 15.2 Å². The largest absolute Gasteiger partial charge is 0.356 e. The van der Waals surface area contributed by atoms with Crippen LogP contribution in [-0.4, -0.2) is 33.2 Å². The number of para-hydroxylation sites is 1. The molecular formula is C12H17N3O3S. The molecule has 0 atom stereocenters. The minimum absolute atomic E-state index is 0.170. The highest BCUT2D eigenvalue weighted by atomic mass is 32.2. The summed E-state index contributed by atoms with van der Waals surface area (Å²) in [5, 5.41) is 7.60. The van der Waals surface area contributed by atoms with Gasteiger partial charge in [-0.25, -0.2) is 13.1 Å². The number of rotatable bonds is 7. The molecule has 0 amide bonds. The zero-order valence-corrected chi connectivity index (χ0v) is 11.5. The van der Waals surface area contributed by atoms with E-state index in [-0.39, 0.29) is 5.75 Å². The summed E-state index contributed by atoms with van der Waals surface area (Å²) in [6, 6.07) is 7.21. The number of nitrogens with one attached hydrogen (secondary N) is 2.